The van der Waals surface area contributed by atoms with Crippen molar-refractivity contribution in [3.05, 3.63) is 0 Å². The van der Waals surface area contributed by atoms with Crippen molar-refractivity contribution in [2.75, 3.05) is 27.2 Å². The molecule has 1 aliphatic rings. The lowest BCUT2D eigenvalue weighted by Crippen LogP contribution is -3.11. The van der Waals surface area contributed by atoms with Gasteiger partial charge in [-0.25, -0.2) is 0 Å². The molecule has 2 heteroatoms. The Morgan fingerprint density at radius 2 is 2.09 bits per heavy atom. The van der Waals surface area contributed by atoms with Gasteiger partial charge < -0.3 is 10.2 Å². The lowest BCUT2D eigenvalue weighted by Gasteiger charge is -2.14. The normalized spacial score (nSPS) is 27.0. The van der Waals surface area contributed by atoms with Crippen molar-refractivity contribution >= 4 is 0 Å². The molecule has 11 heavy (non-hydrogen) atoms. The first-order valence-corrected chi connectivity index (χ1v) is 4.91. The summed E-state index contributed by atoms with van der Waals surface area (Å²) in [5, 5.41) is 2.54. The molecule has 1 heterocycles. The molecule has 0 aliphatic carbocycles. The number of hydrogen-bond acceptors (Lipinski definition) is 0. The van der Waals surface area contributed by atoms with E-state index in [4.69, 9.17) is 0 Å². The molecule has 1 rings (SSSR count). The van der Waals surface area contributed by atoms with Crippen LogP contribution >= 0.6 is 0 Å². The Balaban J connectivity index is 2.20. The molecule has 0 aromatic heterocycles. The molecule has 0 aromatic rings. The average Bonchev–Trinajstić information content (AvgIpc) is 2.14. The SMILES string of the molecule is C[NH+](C)C[C@H]1CCCCC[NH2+]1. The van der Waals surface area contributed by atoms with Gasteiger partial charge in [0.1, 0.15) is 12.6 Å². The molecule has 3 N–H and O–H groups in total. The van der Waals surface area contributed by atoms with Crippen LogP contribution in [0.4, 0.5) is 0 Å². The molecule has 0 unspecified atom stereocenters. The van der Waals surface area contributed by atoms with Gasteiger partial charge in [-0.05, 0) is 19.3 Å². The van der Waals surface area contributed by atoms with E-state index in [-0.39, 0.29) is 0 Å². The predicted molar refractivity (Wildman–Crippen MR) is 46.7 cm³/mol. The maximum atomic E-state index is 2.54. The zero-order chi connectivity index (χ0) is 8.10. The van der Waals surface area contributed by atoms with Crippen molar-refractivity contribution in [3.63, 3.8) is 0 Å². The summed E-state index contributed by atoms with van der Waals surface area (Å²) in [7, 11) is 4.50. The van der Waals surface area contributed by atoms with E-state index in [0.717, 1.165) is 6.04 Å². The van der Waals surface area contributed by atoms with Gasteiger partial charge in [-0.1, -0.05) is 0 Å². The zero-order valence-electron chi connectivity index (χ0n) is 7.90. The van der Waals surface area contributed by atoms with E-state index in [1.165, 1.54) is 38.8 Å². The minimum absolute atomic E-state index is 0.905. The molecule has 1 fully saturated rings. The second-order valence-electron chi connectivity index (χ2n) is 4.05. The van der Waals surface area contributed by atoms with Gasteiger partial charge in [0.15, 0.2) is 0 Å². The van der Waals surface area contributed by atoms with Gasteiger partial charge in [-0.3, -0.25) is 0 Å². The molecule has 1 saturated heterocycles. The van der Waals surface area contributed by atoms with Crippen LogP contribution in [0.3, 0.4) is 0 Å². The van der Waals surface area contributed by atoms with Crippen LogP contribution in [0.2, 0.25) is 0 Å². The van der Waals surface area contributed by atoms with Crippen molar-refractivity contribution in [1.82, 2.24) is 0 Å². The van der Waals surface area contributed by atoms with E-state index in [0.29, 0.717) is 0 Å². The summed E-state index contributed by atoms with van der Waals surface area (Å²) in [5.74, 6) is 0. The van der Waals surface area contributed by atoms with Gasteiger partial charge in [-0.2, -0.15) is 0 Å². The van der Waals surface area contributed by atoms with E-state index in [9.17, 15) is 0 Å². The van der Waals surface area contributed by atoms with E-state index in [1.54, 1.807) is 4.90 Å². The van der Waals surface area contributed by atoms with Crippen LogP contribution in [-0.4, -0.2) is 33.2 Å². The number of hydrogen-bond donors (Lipinski definition) is 2. The summed E-state index contributed by atoms with van der Waals surface area (Å²) in [5.41, 5.74) is 0. The van der Waals surface area contributed by atoms with Gasteiger partial charge in [0, 0.05) is 6.42 Å². The Morgan fingerprint density at radius 3 is 2.82 bits per heavy atom. The highest BCUT2D eigenvalue weighted by Gasteiger charge is 2.16. The van der Waals surface area contributed by atoms with Crippen LogP contribution in [-0.2, 0) is 0 Å². The highest BCUT2D eigenvalue weighted by atomic mass is 15.1. The topological polar surface area (TPSA) is 21.1 Å². The average molecular weight is 158 g/mol. The summed E-state index contributed by atoms with van der Waals surface area (Å²) in [4.78, 5) is 1.59. The summed E-state index contributed by atoms with van der Waals surface area (Å²) in [6, 6.07) is 0.905. The third-order valence-electron chi connectivity index (χ3n) is 2.45. The zero-order valence-corrected chi connectivity index (χ0v) is 7.90. The maximum Gasteiger partial charge on any atom is 0.135 e. The van der Waals surface area contributed by atoms with Gasteiger partial charge in [0.05, 0.1) is 20.6 Å². The largest absolute Gasteiger partial charge is 0.339 e. The Morgan fingerprint density at radius 1 is 1.27 bits per heavy atom. The molecule has 1 atom stereocenters. The first kappa shape index (κ1) is 9.01. The Hall–Kier alpha value is -0.0800. The molecular weight excluding hydrogens is 136 g/mol. The first-order chi connectivity index (χ1) is 5.29. The Kier molecular flexibility index (Phi) is 3.87. The van der Waals surface area contributed by atoms with Gasteiger partial charge in [0.2, 0.25) is 0 Å². The Labute approximate surface area is 70.0 Å². The number of quaternary nitrogens is 2. The quantitative estimate of drug-likeness (QED) is 0.495. The number of likely N-dealkylation sites (N-methyl/N-ethyl adjacent to an activating group) is 1. The van der Waals surface area contributed by atoms with Gasteiger partial charge in [-0.15, -0.1) is 0 Å². The molecular formula is C9H22N2+2. The van der Waals surface area contributed by atoms with Crippen LogP contribution in [0.5, 0.6) is 0 Å². The van der Waals surface area contributed by atoms with Crippen LogP contribution in [0, 0.1) is 0 Å². The Bertz CT molecular complexity index is 93.7. The monoisotopic (exact) mass is 158 g/mol. The fraction of sp³-hybridized carbons (Fsp3) is 1.00. The predicted octanol–water partition coefficient (Wildman–Crippen LogP) is -1.36. The molecule has 0 amide bonds. The second kappa shape index (κ2) is 4.73. The van der Waals surface area contributed by atoms with E-state index >= 15 is 0 Å². The summed E-state index contributed by atoms with van der Waals surface area (Å²) < 4.78 is 0. The molecule has 0 bridgehead atoms. The smallest absolute Gasteiger partial charge is 0.135 e. The van der Waals surface area contributed by atoms with Crippen molar-refractivity contribution in [2.24, 2.45) is 0 Å². The fourth-order valence-corrected chi connectivity index (χ4v) is 1.91. The van der Waals surface area contributed by atoms with Crippen molar-refractivity contribution in [1.29, 1.82) is 0 Å². The lowest BCUT2D eigenvalue weighted by molar-refractivity contribution is -0.883. The minimum Gasteiger partial charge on any atom is -0.339 e. The van der Waals surface area contributed by atoms with Crippen LogP contribution in [0.15, 0.2) is 0 Å². The molecule has 0 saturated carbocycles. The molecule has 0 spiro atoms. The summed E-state index contributed by atoms with van der Waals surface area (Å²) in [6.45, 7) is 2.69. The number of nitrogens with two attached hydrogens (primary N) is 1. The second-order valence-corrected chi connectivity index (χ2v) is 4.05. The van der Waals surface area contributed by atoms with Crippen LogP contribution < -0.4 is 10.2 Å². The van der Waals surface area contributed by atoms with Gasteiger partial charge >= 0.3 is 0 Å². The summed E-state index contributed by atoms with van der Waals surface area (Å²) in [6.07, 6.45) is 5.77. The molecule has 2 nitrogen and oxygen atoms in total. The maximum absolute atomic E-state index is 2.54. The van der Waals surface area contributed by atoms with Crippen molar-refractivity contribution in [3.8, 4) is 0 Å². The van der Waals surface area contributed by atoms with E-state index in [1.807, 2.05) is 0 Å². The molecule has 66 valence electrons. The standard InChI is InChI=1S/C9H20N2/c1-11(2)8-9-6-4-3-5-7-10-9/h9-10H,3-8H2,1-2H3/p+2/t9-/m1/s1. The molecule has 0 aromatic carbocycles. The number of nitrogens with one attached hydrogen (secondary N) is 1. The third kappa shape index (κ3) is 3.73. The highest BCUT2D eigenvalue weighted by Crippen LogP contribution is 2.02. The van der Waals surface area contributed by atoms with Crippen LogP contribution in [0.1, 0.15) is 25.7 Å². The summed E-state index contributed by atoms with van der Waals surface area (Å²) >= 11 is 0. The number of rotatable bonds is 2. The first-order valence-electron chi connectivity index (χ1n) is 4.91. The molecule has 1 aliphatic heterocycles. The van der Waals surface area contributed by atoms with Crippen molar-refractivity contribution < 1.29 is 10.2 Å². The van der Waals surface area contributed by atoms with Crippen molar-refractivity contribution in [2.45, 2.75) is 31.7 Å². The van der Waals surface area contributed by atoms with E-state index < -0.39 is 0 Å². The molecule has 0 radical (unpaired) electrons. The lowest BCUT2D eigenvalue weighted by atomic mass is 10.1. The fourth-order valence-electron chi connectivity index (χ4n) is 1.91. The highest BCUT2D eigenvalue weighted by molar-refractivity contribution is 4.55. The van der Waals surface area contributed by atoms with Gasteiger partial charge in [0.25, 0.3) is 0 Å². The minimum atomic E-state index is 0.905. The van der Waals surface area contributed by atoms with Crippen LogP contribution in [0.25, 0.3) is 0 Å². The third-order valence-corrected chi connectivity index (χ3v) is 2.45. The van der Waals surface area contributed by atoms with E-state index in [2.05, 4.69) is 19.4 Å².